The minimum absolute atomic E-state index is 0.116. The number of nitrogens with one attached hydrogen (secondary N) is 1. The highest BCUT2D eigenvalue weighted by Gasteiger charge is 2.17. The fourth-order valence-corrected chi connectivity index (χ4v) is 2.84. The zero-order valence-electron chi connectivity index (χ0n) is 14.5. The van der Waals surface area contributed by atoms with Gasteiger partial charge < -0.3 is 10.1 Å². The molecule has 132 valence electrons. The Bertz CT molecular complexity index is 866. The predicted molar refractivity (Wildman–Crippen MR) is 99.7 cm³/mol. The van der Waals surface area contributed by atoms with E-state index >= 15 is 0 Å². The smallest absolute Gasteiger partial charge is 0.251 e. The summed E-state index contributed by atoms with van der Waals surface area (Å²) in [6.45, 7) is 0. The summed E-state index contributed by atoms with van der Waals surface area (Å²) in [7, 11) is 1.39. The molecule has 3 aromatic rings. The lowest BCUT2D eigenvalue weighted by molar-refractivity contribution is 0.0936. The fourth-order valence-electron chi connectivity index (χ4n) is 2.84. The second-order valence-corrected chi connectivity index (χ2v) is 5.98. The Hall–Kier alpha value is -3.14. The average Bonchev–Trinajstić information content (AvgIpc) is 2.69. The molecule has 0 heterocycles. The van der Waals surface area contributed by atoms with Crippen LogP contribution in [0.15, 0.2) is 78.9 Å². The minimum Gasteiger partial charge on any atom is -0.494 e. The highest BCUT2D eigenvalue weighted by molar-refractivity contribution is 5.94. The van der Waals surface area contributed by atoms with Crippen LogP contribution in [0.1, 0.15) is 27.5 Å². The zero-order valence-corrected chi connectivity index (χ0v) is 14.5. The number of carbonyl (C=O) groups is 1. The Labute approximate surface area is 152 Å². The summed E-state index contributed by atoms with van der Waals surface area (Å²) in [5.74, 6) is -0.763. The van der Waals surface area contributed by atoms with Gasteiger partial charge in [0.25, 0.3) is 5.91 Å². The summed E-state index contributed by atoms with van der Waals surface area (Å²) in [5, 5.41) is 3.02. The van der Waals surface area contributed by atoms with Crippen LogP contribution in [0, 0.1) is 5.82 Å². The number of carbonyl (C=O) groups excluding carboxylic acids is 1. The molecule has 3 nitrogen and oxygen atoms in total. The minimum atomic E-state index is -0.556. The number of benzene rings is 3. The highest BCUT2D eigenvalue weighted by atomic mass is 19.1. The van der Waals surface area contributed by atoms with Crippen molar-refractivity contribution in [2.75, 3.05) is 7.11 Å². The third-order valence-corrected chi connectivity index (χ3v) is 4.20. The summed E-state index contributed by atoms with van der Waals surface area (Å²) in [5.41, 5.74) is 2.37. The van der Waals surface area contributed by atoms with Crippen LogP contribution in [0.5, 0.6) is 5.75 Å². The van der Waals surface area contributed by atoms with Gasteiger partial charge in [0, 0.05) is 5.56 Å². The van der Waals surface area contributed by atoms with Crippen LogP contribution in [0.4, 0.5) is 4.39 Å². The molecule has 3 rings (SSSR count). The molecule has 26 heavy (non-hydrogen) atoms. The summed E-state index contributed by atoms with van der Waals surface area (Å²) >= 11 is 0. The average molecular weight is 349 g/mol. The van der Waals surface area contributed by atoms with Gasteiger partial charge in [-0.3, -0.25) is 4.79 Å². The van der Waals surface area contributed by atoms with Crippen molar-refractivity contribution >= 4 is 5.91 Å². The van der Waals surface area contributed by atoms with E-state index in [2.05, 4.69) is 5.32 Å². The van der Waals surface area contributed by atoms with Gasteiger partial charge in [0.1, 0.15) is 0 Å². The Balaban J connectivity index is 1.83. The summed E-state index contributed by atoms with van der Waals surface area (Å²) in [4.78, 5) is 12.7. The van der Waals surface area contributed by atoms with Crippen molar-refractivity contribution in [3.63, 3.8) is 0 Å². The van der Waals surface area contributed by atoms with Gasteiger partial charge in [0.2, 0.25) is 0 Å². The lowest BCUT2D eigenvalue weighted by Gasteiger charge is -2.20. The van der Waals surface area contributed by atoms with Crippen molar-refractivity contribution in [2.45, 2.75) is 12.5 Å². The lowest BCUT2D eigenvalue weighted by atomic mass is 9.98. The fraction of sp³-hybridized carbons (Fsp3) is 0.136. The number of ether oxygens (including phenoxy) is 1. The number of hydrogen-bond donors (Lipinski definition) is 1. The molecule has 0 aliphatic carbocycles. The highest BCUT2D eigenvalue weighted by Crippen LogP contribution is 2.21. The van der Waals surface area contributed by atoms with Gasteiger partial charge >= 0.3 is 0 Å². The van der Waals surface area contributed by atoms with Crippen molar-refractivity contribution in [3.05, 3.63) is 101 Å². The second kappa shape index (κ2) is 8.30. The number of amides is 1. The Morgan fingerprint density at radius 3 is 2.27 bits per heavy atom. The topological polar surface area (TPSA) is 38.3 Å². The number of halogens is 1. The van der Waals surface area contributed by atoms with Gasteiger partial charge in [0.05, 0.1) is 13.2 Å². The third kappa shape index (κ3) is 4.28. The van der Waals surface area contributed by atoms with E-state index in [1.807, 2.05) is 60.7 Å². The van der Waals surface area contributed by atoms with Gasteiger partial charge in [-0.2, -0.15) is 0 Å². The molecule has 0 bridgehead atoms. The van der Waals surface area contributed by atoms with Gasteiger partial charge in [-0.05, 0) is 35.7 Å². The normalized spacial score (nSPS) is 11.6. The molecule has 0 saturated heterocycles. The molecular weight excluding hydrogens is 329 g/mol. The van der Waals surface area contributed by atoms with E-state index in [4.69, 9.17) is 4.74 Å². The Morgan fingerprint density at radius 2 is 1.65 bits per heavy atom. The lowest BCUT2D eigenvalue weighted by Crippen LogP contribution is -2.30. The maximum absolute atomic E-state index is 13.9. The van der Waals surface area contributed by atoms with Crippen LogP contribution in [0.25, 0.3) is 0 Å². The van der Waals surface area contributed by atoms with E-state index in [0.29, 0.717) is 6.42 Å². The number of rotatable bonds is 6. The first-order valence-electron chi connectivity index (χ1n) is 8.40. The first kappa shape index (κ1) is 17.7. The van der Waals surface area contributed by atoms with E-state index in [9.17, 15) is 9.18 Å². The standard InChI is InChI=1S/C22H20FNO2/c1-26-21-13-12-18(15-19(21)23)22(25)24-20(17-10-6-3-7-11-17)14-16-8-4-2-5-9-16/h2-13,15,20H,14H2,1H3,(H,24,25)/t20-/m0/s1. The zero-order chi connectivity index (χ0) is 18.4. The molecule has 0 fully saturated rings. The van der Waals surface area contributed by atoms with E-state index in [1.165, 1.54) is 19.2 Å². The van der Waals surface area contributed by atoms with E-state index < -0.39 is 5.82 Å². The Morgan fingerprint density at radius 1 is 1.00 bits per heavy atom. The second-order valence-electron chi connectivity index (χ2n) is 5.98. The first-order valence-corrected chi connectivity index (χ1v) is 8.40. The van der Waals surface area contributed by atoms with Crippen LogP contribution < -0.4 is 10.1 Å². The van der Waals surface area contributed by atoms with E-state index in [0.717, 1.165) is 11.1 Å². The van der Waals surface area contributed by atoms with Crippen LogP contribution in [-0.2, 0) is 6.42 Å². The largest absolute Gasteiger partial charge is 0.494 e. The molecular formula is C22H20FNO2. The SMILES string of the molecule is COc1ccc(C(=O)N[C@@H](Cc2ccccc2)c2ccccc2)cc1F. The van der Waals surface area contributed by atoms with Crippen molar-refractivity contribution in [2.24, 2.45) is 0 Å². The molecule has 0 spiro atoms. The van der Waals surface area contributed by atoms with Crippen molar-refractivity contribution < 1.29 is 13.9 Å². The van der Waals surface area contributed by atoms with Crippen LogP contribution >= 0.6 is 0 Å². The molecule has 3 aromatic carbocycles. The van der Waals surface area contributed by atoms with Gasteiger partial charge in [-0.25, -0.2) is 4.39 Å². The van der Waals surface area contributed by atoms with Gasteiger partial charge in [0.15, 0.2) is 11.6 Å². The molecule has 1 amide bonds. The number of hydrogen-bond acceptors (Lipinski definition) is 2. The van der Waals surface area contributed by atoms with Crippen molar-refractivity contribution in [1.29, 1.82) is 0 Å². The molecule has 1 N–H and O–H groups in total. The predicted octanol–water partition coefficient (Wildman–Crippen LogP) is 4.55. The van der Waals surface area contributed by atoms with Gasteiger partial charge in [-0.1, -0.05) is 60.7 Å². The number of methoxy groups -OCH3 is 1. The molecule has 0 aliphatic rings. The van der Waals surface area contributed by atoms with Gasteiger partial charge in [-0.15, -0.1) is 0 Å². The quantitative estimate of drug-likeness (QED) is 0.709. The maximum Gasteiger partial charge on any atom is 0.251 e. The first-order chi connectivity index (χ1) is 12.7. The molecule has 0 radical (unpaired) electrons. The van der Waals surface area contributed by atoms with Crippen LogP contribution in [-0.4, -0.2) is 13.0 Å². The molecule has 0 saturated carbocycles. The van der Waals surface area contributed by atoms with Crippen LogP contribution in [0.3, 0.4) is 0 Å². The maximum atomic E-state index is 13.9. The summed E-state index contributed by atoms with van der Waals surface area (Å²) < 4.78 is 18.8. The molecule has 0 aliphatic heterocycles. The summed E-state index contributed by atoms with van der Waals surface area (Å²) in [6, 6.07) is 23.7. The molecule has 1 atom stereocenters. The Kier molecular flexibility index (Phi) is 5.64. The van der Waals surface area contributed by atoms with Crippen molar-refractivity contribution in [1.82, 2.24) is 5.32 Å². The van der Waals surface area contributed by atoms with Crippen molar-refractivity contribution in [3.8, 4) is 5.75 Å². The molecule has 0 aromatic heterocycles. The van der Waals surface area contributed by atoms with E-state index in [1.54, 1.807) is 6.07 Å². The monoisotopic (exact) mass is 349 g/mol. The summed E-state index contributed by atoms with van der Waals surface area (Å²) in [6.07, 6.45) is 0.648. The third-order valence-electron chi connectivity index (χ3n) is 4.20. The molecule has 0 unspecified atom stereocenters. The van der Waals surface area contributed by atoms with Crippen LogP contribution in [0.2, 0.25) is 0 Å². The molecule has 4 heteroatoms. The van der Waals surface area contributed by atoms with E-state index in [-0.39, 0.29) is 23.3 Å².